The summed E-state index contributed by atoms with van der Waals surface area (Å²) in [6.45, 7) is -0.492. The second-order valence-electron chi connectivity index (χ2n) is 3.72. The van der Waals surface area contributed by atoms with Crippen molar-refractivity contribution in [2.45, 2.75) is 25.4 Å². The van der Waals surface area contributed by atoms with Gasteiger partial charge in [0, 0.05) is 6.20 Å². The molecule has 1 atom stereocenters. The number of halogens is 2. The highest BCUT2D eigenvalue weighted by molar-refractivity contribution is 7.98. The van der Waals surface area contributed by atoms with Gasteiger partial charge in [0.2, 0.25) is 5.91 Å². The predicted molar refractivity (Wildman–Crippen MR) is 67.8 cm³/mol. The average molecular weight is 278 g/mol. The van der Waals surface area contributed by atoms with E-state index in [-0.39, 0.29) is 5.91 Å². The number of hydrogen-bond acceptors (Lipinski definition) is 4. The van der Waals surface area contributed by atoms with Crippen LogP contribution < -0.4 is 11.1 Å². The van der Waals surface area contributed by atoms with E-state index in [9.17, 15) is 13.6 Å². The molecule has 0 saturated carbocycles. The minimum Gasteiger partial charge on any atom is -0.322 e. The molecular formula is C10H16F2N4OS. The Morgan fingerprint density at radius 2 is 2.39 bits per heavy atom. The highest BCUT2D eigenvalue weighted by Crippen LogP contribution is 2.08. The number of carbonyl (C=O) groups excluding carboxylic acids is 1. The molecule has 5 nitrogen and oxygen atoms in total. The number of carbonyl (C=O) groups is 1. The summed E-state index contributed by atoms with van der Waals surface area (Å²) in [5.41, 5.74) is 6.04. The van der Waals surface area contributed by atoms with Gasteiger partial charge >= 0.3 is 0 Å². The lowest BCUT2D eigenvalue weighted by molar-refractivity contribution is -0.117. The third-order valence-corrected chi connectivity index (χ3v) is 2.84. The molecule has 0 aromatic carbocycles. The molecule has 102 valence electrons. The second-order valence-corrected chi connectivity index (χ2v) is 4.70. The molecule has 0 spiro atoms. The molecule has 0 radical (unpaired) electrons. The molecule has 0 aliphatic carbocycles. The van der Waals surface area contributed by atoms with Crippen molar-refractivity contribution in [2.75, 3.05) is 17.3 Å². The minimum atomic E-state index is -2.47. The van der Waals surface area contributed by atoms with Crippen molar-refractivity contribution in [2.24, 2.45) is 5.73 Å². The molecule has 18 heavy (non-hydrogen) atoms. The van der Waals surface area contributed by atoms with E-state index in [1.165, 1.54) is 12.4 Å². The second kappa shape index (κ2) is 7.32. The Balaban J connectivity index is 2.46. The number of nitrogens with one attached hydrogen (secondary N) is 1. The first-order valence-electron chi connectivity index (χ1n) is 5.39. The normalized spacial score (nSPS) is 12.7. The zero-order chi connectivity index (χ0) is 13.5. The maximum absolute atomic E-state index is 12.1. The van der Waals surface area contributed by atoms with Gasteiger partial charge in [-0.1, -0.05) is 0 Å². The number of nitrogens with two attached hydrogens (primary N) is 1. The van der Waals surface area contributed by atoms with Crippen LogP contribution >= 0.6 is 11.8 Å². The van der Waals surface area contributed by atoms with Crippen LogP contribution in [0.4, 0.5) is 14.5 Å². The third kappa shape index (κ3) is 5.01. The first-order valence-corrected chi connectivity index (χ1v) is 6.78. The number of amides is 1. The van der Waals surface area contributed by atoms with Gasteiger partial charge in [-0.15, -0.1) is 0 Å². The Bertz CT molecular complexity index is 386. The molecular weight excluding hydrogens is 262 g/mol. The van der Waals surface area contributed by atoms with Crippen LogP contribution in [0.2, 0.25) is 0 Å². The number of anilines is 1. The van der Waals surface area contributed by atoms with Crippen LogP contribution in [0.15, 0.2) is 12.4 Å². The molecule has 0 saturated heterocycles. The highest BCUT2D eigenvalue weighted by Gasteiger charge is 2.14. The lowest BCUT2D eigenvalue weighted by atomic mass is 10.2. The summed E-state index contributed by atoms with van der Waals surface area (Å²) in [4.78, 5) is 11.6. The summed E-state index contributed by atoms with van der Waals surface area (Å²) in [7, 11) is 0. The minimum absolute atomic E-state index is 0.333. The van der Waals surface area contributed by atoms with Crippen LogP contribution in [0.1, 0.15) is 6.42 Å². The van der Waals surface area contributed by atoms with Crippen LogP contribution in [-0.2, 0) is 11.3 Å². The van der Waals surface area contributed by atoms with Gasteiger partial charge in [0.25, 0.3) is 6.43 Å². The highest BCUT2D eigenvalue weighted by atomic mass is 32.2. The van der Waals surface area contributed by atoms with Gasteiger partial charge in [-0.05, 0) is 18.4 Å². The topological polar surface area (TPSA) is 72.9 Å². The standard InChI is InChI=1S/C10H16F2N4OS/c1-18-3-2-8(13)10(17)15-7-4-14-16(5-7)6-9(11)12/h4-5,8-9H,2-3,6,13H2,1H3,(H,15,17)/t8-/m0/s1. The summed E-state index contributed by atoms with van der Waals surface area (Å²) in [6, 6.07) is -0.601. The van der Waals surface area contributed by atoms with Gasteiger partial charge in [0.1, 0.15) is 6.54 Å². The monoisotopic (exact) mass is 278 g/mol. The lowest BCUT2D eigenvalue weighted by Gasteiger charge is -2.09. The lowest BCUT2D eigenvalue weighted by Crippen LogP contribution is -2.35. The number of rotatable bonds is 7. The molecule has 1 amide bonds. The van der Waals surface area contributed by atoms with Crippen molar-refractivity contribution < 1.29 is 13.6 Å². The van der Waals surface area contributed by atoms with Gasteiger partial charge in [-0.2, -0.15) is 16.9 Å². The van der Waals surface area contributed by atoms with Crippen LogP contribution in [0, 0.1) is 0 Å². The molecule has 1 aromatic heterocycles. The van der Waals surface area contributed by atoms with E-state index in [2.05, 4.69) is 10.4 Å². The Morgan fingerprint density at radius 3 is 3.00 bits per heavy atom. The molecule has 8 heteroatoms. The van der Waals surface area contributed by atoms with Crippen LogP contribution in [0.3, 0.4) is 0 Å². The van der Waals surface area contributed by atoms with Gasteiger partial charge in [0.05, 0.1) is 17.9 Å². The van der Waals surface area contributed by atoms with Crippen molar-refractivity contribution in [3.63, 3.8) is 0 Å². The van der Waals surface area contributed by atoms with Gasteiger partial charge in [-0.3, -0.25) is 9.48 Å². The van der Waals surface area contributed by atoms with E-state index in [1.54, 1.807) is 11.8 Å². The van der Waals surface area contributed by atoms with Crippen molar-refractivity contribution in [3.8, 4) is 0 Å². The first kappa shape index (κ1) is 14.9. The SMILES string of the molecule is CSCC[C@H](N)C(=O)Nc1cnn(CC(F)F)c1. The largest absolute Gasteiger partial charge is 0.322 e. The van der Waals surface area contributed by atoms with E-state index < -0.39 is 19.0 Å². The van der Waals surface area contributed by atoms with Crippen molar-refractivity contribution in [3.05, 3.63) is 12.4 Å². The third-order valence-electron chi connectivity index (χ3n) is 2.20. The maximum Gasteiger partial charge on any atom is 0.257 e. The Kier molecular flexibility index (Phi) is 6.06. The zero-order valence-corrected chi connectivity index (χ0v) is 10.8. The smallest absolute Gasteiger partial charge is 0.257 e. The fourth-order valence-corrected chi connectivity index (χ4v) is 1.77. The zero-order valence-electron chi connectivity index (χ0n) is 9.97. The Hall–Kier alpha value is -1.15. The van der Waals surface area contributed by atoms with E-state index in [1.807, 2.05) is 6.26 Å². The fourth-order valence-electron chi connectivity index (χ4n) is 1.28. The van der Waals surface area contributed by atoms with E-state index in [4.69, 9.17) is 5.73 Å². The summed E-state index contributed by atoms with van der Waals surface area (Å²) in [5.74, 6) is 0.458. The summed E-state index contributed by atoms with van der Waals surface area (Å²) in [5, 5.41) is 6.25. The number of aromatic nitrogens is 2. The van der Waals surface area contributed by atoms with Gasteiger partial charge in [-0.25, -0.2) is 8.78 Å². The molecule has 3 N–H and O–H groups in total. The molecule has 1 rings (SSSR count). The average Bonchev–Trinajstić information content (AvgIpc) is 2.72. The van der Waals surface area contributed by atoms with E-state index >= 15 is 0 Å². The summed E-state index contributed by atoms with van der Waals surface area (Å²) >= 11 is 1.60. The van der Waals surface area contributed by atoms with Crippen LogP contribution in [0.5, 0.6) is 0 Å². The van der Waals surface area contributed by atoms with Crippen molar-refractivity contribution in [1.82, 2.24) is 9.78 Å². The first-order chi connectivity index (χ1) is 8.52. The van der Waals surface area contributed by atoms with Crippen molar-refractivity contribution >= 4 is 23.4 Å². The Morgan fingerprint density at radius 1 is 1.67 bits per heavy atom. The van der Waals surface area contributed by atoms with Gasteiger partial charge in [0.15, 0.2) is 0 Å². The summed E-state index contributed by atoms with van der Waals surface area (Å²) < 4.78 is 25.3. The van der Waals surface area contributed by atoms with Gasteiger partial charge < -0.3 is 11.1 Å². The summed E-state index contributed by atoms with van der Waals surface area (Å²) in [6.07, 6.45) is 2.70. The number of thioether (sulfide) groups is 1. The quantitative estimate of drug-likeness (QED) is 0.785. The van der Waals surface area contributed by atoms with Crippen molar-refractivity contribution in [1.29, 1.82) is 0 Å². The molecule has 0 unspecified atom stereocenters. The number of hydrogen-bond donors (Lipinski definition) is 2. The van der Waals surface area contributed by atoms with Crippen LogP contribution in [-0.4, -0.2) is 40.2 Å². The number of alkyl halides is 2. The molecule has 0 bridgehead atoms. The Labute approximate surface area is 108 Å². The molecule has 1 heterocycles. The van der Waals surface area contributed by atoms with E-state index in [0.29, 0.717) is 12.1 Å². The predicted octanol–water partition coefficient (Wildman–Crippen LogP) is 1.17. The van der Waals surface area contributed by atoms with E-state index in [0.717, 1.165) is 10.4 Å². The molecule has 0 fully saturated rings. The number of nitrogens with zero attached hydrogens (tertiary/aromatic N) is 2. The fraction of sp³-hybridized carbons (Fsp3) is 0.600. The van der Waals surface area contributed by atoms with Crippen LogP contribution in [0.25, 0.3) is 0 Å². The molecule has 1 aromatic rings. The molecule has 0 aliphatic heterocycles. The maximum atomic E-state index is 12.1. The molecule has 0 aliphatic rings.